The van der Waals surface area contributed by atoms with Gasteiger partial charge in [-0.1, -0.05) is 44.4 Å². The summed E-state index contributed by atoms with van der Waals surface area (Å²) in [5, 5.41) is 3.70. The summed E-state index contributed by atoms with van der Waals surface area (Å²) in [5.41, 5.74) is 4.67. The number of rotatable bonds is 5. The van der Waals surface area contributed by atoms with Crippen LogP contribution < -0.4 is 5.32 Å². The van der Waals surface area contributed by atoms with Gasteiger partial charge in [-0.2, -0.15) is 0 Å². The highest BCUT2D eigenvalue weighted by Crippen LogP contribution is 2.30. The number of aryl methyl sites for hydroxylation is 2. The molecule has 0 radical (unpaired) electrons. The van der Waals surface area contributed by atoms with Crippen LogP contribution in [0.4, 0.5) is 0 Å². The van der Waals surface area contributed by atoms with Crippen LogP contribution in [0.1, 0.15) is 62.1 Å². The summed E-state index contributed by atoms with van der Waals surface area (Å²) in [6.07, 6.45) is 11.1. The van der Waals surface area contributed by atoms with E-state index in [2.05, 4.69) is 30.4 Å². The maximum absolute atomic E-state index is 3.70. The van der Waals surface area contributed by atoms with Gasteiger partial charge in [0.25, 0.3) is 0 Å². The molecule has 2 aliphatic carbocycles. The van der Waals surface area contributed by atoms with Crippen molar-refractivity contribution in [1.29, 1.82) is 0 Å². The lowest BCUT2D eigenvalue weighted by Crippen LogP contribution is -2.26. The van der Waals surface area contributed by atoms with Crippen molar-refractivity contribution in [3.05, 3.63) is 34.9 Å². The topological polar surface area (TPSA) is 12.0 Å². The number of nitrogens with one attached hydrogen (secondary N) is 1. The molecule has 0 spiro atoms. The Labute approximate surface area is 124 Å². The minimum absolute atomic E-state index is 0.923. The van der Waals surface area contributed by atoms with Gasteiger partial charge in [-0.15, -0.1) is 0 Å². The number of benzene rings is 1. The second kappa shape index (κ2) is 6.76. The molecule has 1 fully saturated rings. The summed E-state index contributed by atoms with van der Waals surface area (Å²) in [6, 6.07) is 7.11. The third-order valence-electron chi connectivity index (χ3n) is 5.47. The zero-order valence-corrected chi connectivity index (χ0v) is 13.0. The van der Waals surface area contributed by atoms with Gasteiger partial charge in [0.2, 0.25) is 0 Å². The molecule has 0 amide bonds. The van der Waals surface area contributed by atoms with Crippen LogP contribution in [0.5, 0.6) is 0 Å². The average molecular weight is 271 g/mol. The minimum Gasteiger partial charge on any atom is -0.312 e. The summed E-state index contributed by atoms with van der Waals surface area (Å²) in [6.45, 7) is 4.62. The van der Waals surface area contributed by atoms with Gasteiger partial charge in [-0.3, -0.25) is 0 Å². The Morgan fingerprint density at radius 2 is 1.75 bits per heavy atom. The molecule has 0 aliphatic heterocycles. The van der Waals surface area contributed by atoms with Crippen LogP contribution in [-0.2, 0) is 19.4 Å². The molecule has 20 heavy (non-hydrogen) atoms. The SMILES string of the molecule is CCC1CCC(CNCc2ccc3c(c2)CCC3)CC1. The first kappa shape index (κ1) is 14.1. The van der Waals surface area contributed by atoms with Gasteiger partial charge in [0.15, 0.2) is 0 Å². The molecule has 1 saturated carbocycles. The summed E-state index contributed by atoms with van der Waals surface area (Å²) in [4.78, 5) is 0. The predicted octanol–water partition coefficient (Wildman–Crippen LogP) is 4.48. The Bertz CT molecular complexity index is 429. The highest BCUT2D eigenvalue weighted by molar-refractivity contribution is 5.35. The van der Waals surface area contributed by atoms with Crippen molar-refractivity contribution in [2.75, 3.05) is 6.54 Å². The molecule has 0 atom stereocenters. The minimum atomic E-state index is 0.923. The lowest BCUT2D eigenvalue weighted by atomic mass is 9.81. The van der Waals surface area contributed by atoms with Crippen molar-refractivity contribution in [2.45, 2.75) is 64.8 Å². The van der Waals surface area contributed by atoms with E-state index in [1.807, 2.05) is 0 Å². The van der Waals surface area contributed by atoms with E-state index in [-0.39, 0.29) is 0 Å². The molecule has 1 aromatic carbocycles. The van der Waals surface area contributed by atoms with E-state index in [1.165, 1.54) is 63.5 Å². The molecule has 3 rings (SSSR count). The molecule has 2 aliphatic rings. The molecule has 0 unspecified atom stereocenters. The van der Waals surface area contributed by atoms with Crippen molar-refractivity contribution in [1.82, 2.24) is 5.32 Å². The molecule has 1 aromatic rings. The highest BCUT2D eigenvalue weighted by atomic mass is 14.9. The fourth-order valence-corrected chi connectivity index (χ4v) is 4.00. The zero-order valence-electron chi connectivity index (χ0n) is 13.0. The first-order valence-electron chi connectivity index (χ1n) is 8.66. The van der Waals surface area contributed by atoms with E-state index in [9.17, 15) is 0 Å². The Kier molecular flexibility index (Phi) is 4.77. The molecular weight excluding hydrogens is 242 g/mol. The monoisotopic (exact) mass is 271 g/mol. The third-order valence-corrected chi connectivity index (χ3v) is 5.47. The van der Waals surface area contributed by atoms with Gasteiger partial charge >= 0.3 is 0 Å². The zero-order chi connectivity index (χ0) is 13.8. The third kappa shape index (κ3) is 3.44. The van der Waals surface area contributed by atoms with E-state index in [1.54, 1.807) is 11.1 Å². The predicted molar refractivity (Wildman–Crippen MR) is 85.9 cm³/mol. The molecule has 0 saturated heterocycles. The molecule has 1 heteroatoms. The van der Waals surface area contributed by atoms with Gasteiger partial charge < -0.3 is 5.32 Å². The van der Waals surface area contributed by atoms with Crippen LogP contribution in [0.25, 0.3) is 0 Å². The largest absolute Gasteiger partial charge is 0.312 e. The lowest BCUT2D eigenvalue weighted by molar-refractivity contribution is 0.262. The van der Waals surface area contributed by atoms with E-state index >= 15 is 0 Å². The van der Waals surface area contributed by atoms with Crippen molar-refractivity contribution >= 4 is 0 Å². The smallest absolute Gasteiger partial charge is 0.0205 e. The van der Waals surface area contributed by atoms with Gasteiger partial charge in [0, 0.05) is 6.54 Å². The van der Waals surface area contributed by atoms with Gasteiger partial charge in [-0.25, -0.2) is 0 Å². The van der Waals surface area contributed by atoms with Crippen LogP contribution >= 0.6 is 0 Å². The summed E-state index contributed by atoms with van der Waals surface area (Å²) >= 11 is 0. The van der Waals surface area contributed by atoms with Crippen LogP contribution in [-0.4, -0.2) is 6.54 Å². The summed E-state index contributed by atoms with van der Waals surface area (Å²) in [5.74, 6) is 1.94. The van der Waals surface area contributed by atoms with E-state index in [4.69, 9.17) is 0 Å². The lowest BCUT2D eigenvalue weighted by Gasteiger charge is -2.28. The Morgan fingerprint density at radius 1 is 1.00 bits per heavy atom. The van der Waals surface area contributed by atoms with Gasteiger partial charge in [0.1, 0.15) is 0 Å². The second-order valence-electron chi connectivity index (χ2n) is 6.88. The van der Waals surface area contributed by atoms with E-state index < -0.39 is 0 Å². The quantitative estimate of drug-likeness (QED) is 0.832. The van der Waals surface area contributed by atoms with E-state index in [0.717, 1.165) is 18.4 Å². The Balaban J connectivity index is 1.42. The fourth-order valence-electron chi connectivity index (χ4n) is 4.00. The van der Waals surface area contributed by atoms with Gasteiger partial charge in [0.05, 0.1) is 0 Å². The number of hydrogen-bond donors (Lipinski definition) is 1. The van der Waals surface area contributed by atoms with Crippen molar-refractivity contribution in [3.63, 3.8) is 0 Å². The Hall–Kier alpha value is -0.820. The maximum atomic E-state index is 3.70. The summed E-state index contributed by atoms with van der Waals surface area (Å²) < 4.78 is 0. The van der Waals surface area contributed by atoms with Crippen LogP contribution in [0.2, 0.25) is 0 Å². The molecule has 1 N–H and O–H groups in total. The van der Waals surface area contributed by atoms with Crippen molar-refractivity contribution in [3.8, 4) is 0 Å². The molecule has 0 heterocycles. The molecular formula is C19H29N. The molecule has 0 aromatic heterocycles. The number of hydrogen-bond acceptors (Lipinski definition) is 1. The first-order valence-corrected chi connectivity index (χ1v) is 8.66. The standard InChI is InChI=1S/C19H29N/c1-2-15-6-8-16(9-7-15)13-20-14-17-10-11-18-4-3-5-19(18)12-17/h10-12,15-16,20H,2-9,13-14H2,1H3. The second-order valence-corrected chi connectivity index (χ2v) is 6.88. The van der Waals surface area contributed by atoms with Crippen LogP contribution in [0.15, 0.2) is 18.2 Å². The average Bonchev–Trinajstić information content (AvgIpc) is 2.95. The maximum Gasteiger partial charge on any atom is 0.0205 e. The highest BCUT2D eigenvalue weighted by Gasteiger charge is 2.19. The molecule has 110 valence electrons. The summed E-state index contributed by atoms with van der Waals surface area (Å²) in [7, 11) is 0. The van der Waals surface area contributed by atoms with E-state index in [0.29, 0.717) is 0 Å². The molecule has 0 bridgehead atoms. The first-order chi connectivity index (χ1) is 9.85. The van der Waals surface area contributed by atoms with Crippen molar-refractivity contribution in [2.24, 2.45) is 11.8 Å². The normalized spacial score (nSPS) is 25.6. The fraction of sp³-hybridized carbons (Fsp3) is 0.684. The van der Waals surface area contributed by atoms with Gasteiger partial charge in [-0.05, 0) is 67.2 Å². The Morgan fingerprint density at radius 3 is 2.55 bits per heavy atom. The number of fused-ring (bicyclic) bond motifs is 1. The van der Waals surface area contributed by atoms with Crippen molar-refractivity contribution < 1.29 is 0 Å². The molecule has 1 nitrogen and oxygen atoms in total. The van der Waals surface area contributed by atoms with Crippen LogP contribution in [0.3, 0.4) is 0 Å². The van der Waals surface area contributed by atoms with Crippen LogP contribution in [0, 0.1) is 11.8 Å².